The molecule has 29 heavy (non-hydrogen) atoms. The lowest BCUT2D eigenvalue weighted by molar-refractivity contribution is -0.600. The van der Waals surface area contributed by atoms with E-state index in [0.717, 1.165) is 30.6 Å². The van der Waals surface area contributed by atoms with Crippen LogP contribution in [0.25, 0.3) is 0 Å². The second-order valence-electron chi connectivity index (χ2n) is 7.11. The van der Waals surface area contributed by atoms with Crippen molar-refractivity contribution in [3.05, 3.63) is 107 Å². The molecular formula is C24H25NO4. The van der Waals surface area contributed by atoms with Gasteiger partial charge in [0.05, 0.1) is 0 Å². The zero-order chi connectivity index (χ0) is 19.9. The van der Waals surface area contributed by atoms with Gasteiger partial charge in [-0.25, -0.2) is 0 Å². The molecule has 3 aromatic rings. The molecule has 0 unspecified atom stereocenters. The van der Waals surface area contributed by atoms with Crippen molar-refractivity contribution in [3.8, 4) is 0 Å². The normalized spacial score (nSPS) is 19.2. The fourth-order valence-corrected chi connectivity index (χ4v) is 3.08. The Morgan fingerprint density at radius 3 is 1.79 bits per heavy atom. The van der Waals surface area contributed by atoms with E-state index in [1.165, 1.54) is 16.7 Å². The number of hydrogen-bond donors (Lipinski definition) is 1. The largest absolute Gasteiger partial charge is 0.312 e. The lowest BCUT2D eigenvalue weighted by Crippen LogP contribution is -2.22. The van der Waals surface area contributed by atoms with Crippen molar-refractivity contribution in [3.63, 3.8) is 0 Å². The van der Waals surface area contributed by atoms with Crippen molar-refractivity contribution in [1.82, 2.24) is 5.32 Å². The van der Waals surface area contributed by atoms with Gasteiger partial charge in [0.25, 0.3) is 0 Å². The Labute approximate surface area is 171 Å². The highest BCUT2D eigenvalue weighted by Gasteiger charge is 2.28. The molecule has 1 heterocycles. The molecule has 1 saturated heterocycles. The average Bonchev–Trinajstić information content (AvgIpc) is 2.79. The molecule has 0 saturated carbocycles. The van der Waals surface area contributed by atoms with Crippen LogP contribution in [0.4, 0.5) is 0 Å². The highest BCUT2D eigenvalue weighted by Crippen LogP contribution is 2.32. The number of hydrogen-bond acceptors (Lipinski definition) is 5. The molecule has 3 aromatic carbocycles. The smallest absolute Gasteiger partial charge is 0.249 e. The molecule has 1 aliphatic heterocycles. The van der Waals surface area contributed by atoms with Gasteiger partial charge in [-0.15, -0.1) is 0 Å². The molecule has 1 aliphatic rings. The summed E-state index contributed by atoms with van der Waals surface area (Å²) in [7, 11) is 0. The summed E-state index contributed by atoms with van der Waals surface area (Å²) in [6.07, 6.45) is -0.392. The van der Waals surface area contributed by atoms with E-state index < -0.39 is 12.6 Å². The number of benzene rings is 3. The third-order valence-corrected chi connectivity index (χ3v) is 4.82. The fraction of sp³-hybridized carbons (Fsp3) is 0.250. The van der Waals surface area contributed by atoms with Gasteiger partial charge in [-0.1, -0.05) is 84.4 Å². The van der Waals surface area contributed by atoms with E-state index in [0.29, 0.717) is 0 Å². The maximum atomic E-state index is 5.39. The van der Waals surface area contributed by atoms with Gasteiger partial charge in [0, 0.05) is 17.7 Å². The summed E-state index contributed by atoms with van der Waals surface area (Å²) in [5.74, 6) is 0. The molecule has 0 aliphatic carbocycles. The Morgan fingerprint density at radius 1 is 0.655 bits per heavy atom. The number of nitrogens with one attached hydrogen (secondary N) is 1. The van der Waals surface area contributed by atoms with Crippen molar-refractivity contribution in [2.24, 2.45) is 0 Å². The van der Waals surface area contributed by atoms with Crippen LogP contribution < -0.4 is 5.32 Å². The Kier molecular flexibility index (Phi) is 6.67. The molecule has 0 atom stereocenters. The van der Waals surface area contributed by atoms with Crippen LogP contribution in [0.15, 0.2) is 78.9 Å². The molecule has 0 radical (unpaired) electrons. The van der Waals surface area contributed by atoms with Crippen LogP contribution in [0.3, 0.4) is 0 Å². The molecule has 1 N–H and O–H groups in total. The van der Waals surface area contributed by atoms with Gasteiger partial charge >= 0.3 is 0 Å². The van der Waals surface area contributed by atoms with Gasteiger partial charge in [0.1, 0.15) is 0 Å². The van der Waals surface area contributed by atoms with E-state index in [-0.39, 0.29) is 0 Å². The summed E-state index contributed by atoms with van der Waals surface area (Å²) < 4.78 is 0. The minimum Gasteiger partial charge on any atom is -0.312 e. The van der Waals surface area contributed by atoms with E-state index in [2.05, 4.69) is 29.6 Å². The minimum atomic E-state index is -0.711. The van der Waals surface area contributed by atoms with Crippen molar-refractivity contribution < 1.29 is 19.6 Å². The summed E-state index contributed by atoms with van der Waals surface area (Å²) in [4.78, 5) is 21.5. The van der Waals surface area contributed by atoms with Crippen molar-refractivity contribution in [2.45, 2.75) is 32.5 Å². The topological polar surface area (TPSA) is 49.0 Å². The first-order valence-corrected chi connectivity index (χ1v) is 9.82. The molecule has 0 amide bonds. The van der Waals surface area contributed by atoms with Crippen molar-refractivity contribution in [1.29, 1.82) is 0 Å². The quantitative estimate of drug-likeness (QED) is 0.457. The Hall–Kier alpha value is -2.54. The molecule has 0 bridgehead atoms. The van der Waals surface area contributed by atoms with Crippen LogP contribution in [0.2, 0.25) is 0 Å². The van der Waals surface area contributed by atoms with Crippen LogP contribution in [0.5, 0.6) is 0 Å². The third kappa shape index (κ3) is 5.50. The Balaban J connectivity index is 1.22. The zero-order valence-corrected chi connectivity index (χ0v) is 16.4. The SMILES string of the molecule is Cc1ccc(C2OOC(c3ccc(CNCCc4ccccc4)cc3)OO2)cc1. The summed E-state index contributed by atoms with van der Waals surface area (Å²) >= 11 is 0. The van der Waals surface area contributed by atoms with Gasteiger partial charge in [-0.05, 0) is 31.0 Å². The first kappa shape index (κ1) is 19.8. The molecule has 5 heteroatoms. The lowest BCUT2D eigenvalue weighted by atomic mass is 10.1. The summed E-state index contributed by atoms with van der Waals surface area (Å²) in [5, 5.41) is 3.47. The fourth-order valence-electron chi connectivity index (χ4n) is 3.08. The maximum absolute atomic E-state index is 5.39. The summed E-state index contributed by atoms with van der Waals surface area (Å²) in [6, 6.07) is 26.3. The lowest BCUT2D eigenvalue weighted by Gasteiger charge is -2.27. The van der Waals surface area contributed by atoms with Gasteiger partial charge in [-0.3, -0.25) is 0 Å². The highest BCUT2D eigenvalue weighted by molar-refractivity contribution is 5.24. The van der Waals surface area contributed by atoms with E-state index in [9.17, 15) is 0 Å². The Morgan fingerprint density at radius 2 is 1.21 bits per heavy atom. The summed E-state index contributed by atoms with van der Waals surface area (Å²) in [5.41, 5.74) is 5.37. The van der Waals surface area contributed by atoms with E-state index in [1.807, 2.05) is 61.5 Å². The van der Waals surface area contributed by atoms with E-state index >= 15 is 0 Å². The van der Waals surface area contributed by atoms with Crippen LogP contribution >= 0.6 is 0 Å². The van der Waals surface area contributed by atoms with Gasteiger partial charge in [-0.2, -0.15) is 19.6 Å². The minimum absolute atomic E-state index is 0.695. The predicted molar refractivity (Wildman–Crippen MR) is 109 cm³/mol. The predicted octanol–water partition coefficient (Wildman–Crippen LogP) is 4.93. The Bertz CT molecular complexity index is 873. The first-order valence-electron chi connectivity index (χ1n) is 9.82. The molecular weight excluding hydrogens is 366 g/mol. The highest BCUT2D eigenvalue weighted by atomic mass is 17.4. The molecule has 150 valence electrons. The monoisotopic (exact) mass is 391 g/mol. The standard InChI is InChI=1S/C24H25NO4/c1-18-7-11-21(12-8-18)23-26-28-24(29-27-23)22-13-9-20(10-14-22)17-25-16-15-19-5-3-2-4-6-19/h2-14,23-25H,15-17H2,1H3. The van der Waals surface area contributed by atoms with Crippen LogP contribution in [-0.4, -0.2) is 6.54 Å². The van der Waals surface area contributed by atoms with Gasteiger partial charge in [0.2, 0.25) is 12.6 Å². The first-order chi connectivity index (χ1) is 14.3. The summed E-state index contributed by atoms with van der Waals surface area (Å²) in [6.45, 7) is 3.77. The molecule has 5 nitrogen and oxygen atoms in total. The second-order valence-corrected chi connectivity index (χ2v) is 7.11. The molecule has 0 spiro atoms. The van der Waals surface area contributed by atoms with Gasteiger partial charge < -0.3 is 5.32 Å². The average molecular weight is 391 g/mol. The van der Waals surface area contributed by atoms with Crippen molar-refractivity contribution in [2.75, 3.05) is 6.54 Å². The van der Waals surface area contributed by atoms with Crippen LogP contribution in [0.1, 0.15) is 40.4 Å². The number of rotatable bonds is 7. The van der Waals surface area contributed by atoms with E-state index in [1.54, 1.807) is 0 Å². The number of aryl methyl sites for hydroxylation is 1. The maximum Gasteiger partial charge on any atom is 0.249 e. The van der Waals surface area contributed by atoms with E-state index in [4.69, 9.17) is 19.6 Å². The van der Waals surface area contributed by atoms with Crippen LogP contribution in [-0.2, 0) is 32.5 Å². The third-order valence-electron chi connectivity index (χ3n) is 4.82. The van der Waals surface area contributed by atoms with Crippen LogP contribution in [0, 0.1) is 6.92 Å². The molecule has 0 aromatic heterocycles. The second kappa shape index (κ2) is 9.78. The van der Waals surface area contributed by atoms with Gasteiger partial charge in [0.15, 0.2) is 0 Å². The van der Waals surface area contributed by atoms with Crippen molar-refractivity contribution >= 4 is 0 Å². The molecule has 1 fully saturated rings. The molecule has 4 rings (SSSR count). The zero-order valence-electron chi connectivity index (χ0n) is 16.4.